The number of nitrogens with zero attached hydrogens (tertiary/aromatic N) is 1. The number of ether oxygens (including phenoxy) is 1. The SMILES string of the molecule is CC(C)(CCl)C(=O)N(CC(F)(F)F)C1CCOCC1. The minimum absolute atomic E-state index is 0.0105. The number of hydrogen-bond donors (Lipinski definition) is 0. The summed E-state index contributed by atoms with van der Waals surface area (Å²) in [5.41, 5.74) is -0.995. The Kier molecular flexibility index (Phi) is 5.50. The van der Waals surface area contributed by atoms with Crippen LogP contribution in [0.15, 0.2) is 0 Å². The Balaban J connectivity index is 2.88. The molecule has 19 heavy (non-hydrogen) atoms. The van der Waals surface area contributed by atoms with Crippen molar-refractivity contribution in [2.45, 2.75) is 38.9 Å². The Morgan fingerprint density at radius 3 is 2.26 bits per heavy atom. The van der Waals surface area contributed by atoms with E-state index >= 15 is 0 Å². The van der Waals surface area contributed by atoms with Crippen molar-refractivity contribution in [3.05, 3.63) is 0 Å². The zero-order valence-electron chi connectivity index (χ0n) is 11.1. The molecule has 0 aliphatic carbocycles. The summed E-state index contributed by atoms with van der Waals surface area (Å²) in [5, 5.41) is 0. The van der Waals surface area contributed by atoms with Crippen molar-refractivity contribution in [3.8, 4) is 0 Å². The second-order valence-electron chi connectivity index (χ2n) is 5.41. The van der Waals surface area contributed by atoms with Gasteiger partial charge in [0.1, 0.15) is 6.54 Å². The summed E-state index contributed by atoms with van der Waals surface area (Å²) >= 11 is 5.69. The van der Waals surface area contributed by atoms with Gasteiger partial charge in [-0.1, -0.05) is 0 Å². The molecule has 1 aliphatic heterocycles. The maximum Gasteiger partial charge on any atom is 0.406 e. The van der Waals surface area contributed by atoms with E-state index < -0.39 is 30.1 Å². The molecule has 0 aromatic heterocycles. The zero-order chi connectivity index (χ0) is 14.7. The van der Waals surface area contributed by atoms with Crippen LogP contribution in [0.3, 0.4) is 0 Å². The third-order valence-corrected chi connectivity index (χ3v) is 3.82. The largest absolute Gasteiger partial charge is 0.406 e. The highest BCUT2D eigenvalue weighted by Crippen LogP contribution is 2.28. The van der Waals surface area contributed by atoms with Gasteiger partial charge in [0.15, 0.2) is 0 Å². The molecule has 1 fully saturated rings. The molecule has 0 aromatic rings. The van der Waals surface area contributed by atoms with Crippen LogP contribution in [-0.2, 0) is 9.53 Å². The highest BCUT2D eigenvalue weighted by atomic mass is 35.5. The van der Waals surface area contributed by atoms with Crippen LogP contribution in [0.2, 0.25) is 0 Å². The van der Waals surface area contributed by atoms with Crippen molar-refractivity contribution < 1.29 is 22.7 Å². The number of rotatable bonds is 4. The molecule has 0 N–H and O–H groups in total. The van der Waals surface area contributed by atoms with Crippen molar-refractivity contribution in [1.29, 1.82) is 0 Å². The molecule has 1 rings (SSSR count). The van der Waals surface area contributed by atoms with E-state index in [1.165, 1.54) is 0 Å². The molecule has 0 spiro atoms. The highest BCUT2D eigenvalue weighted by molar-refractivity contribution is 6.19. The first kappa shape index (κ1) is 16.6. The molecular formula is C12H19ClF3NO2. The summed E-state index contributed by atoms with van der Waals surface area (Å²) in [4.78, 5) is 13.2. The molecule has 7 heteroatoms. The lowest BCUT2D eigenvalue weighted by atomic mass is 9.92. The van der Waals surface area contributed by atoms with Crippen molar-refractivity contribution in [2.24, 2.45) is 5.41 Å². The van der Waals surface area contributed by atoms with Crippen LogP contribution in [0, 0.1) is 5.41 Å². The van der Waals surface area contributed by atoms with Crippen LogP contribution in [0.25, 0.3) is 0 Å². The van der Waals surface area contributed by atoms with E-state index in [1.807, 2.05) is 0 Å². The lowest BCUT2D eigenvalue weighted by Gasteiger charge is -2.38. The smallest absolute Gasteiger partial charge is 0.381 e. The lowest BCUT2D eigenvalue weighted by molar-refractivity contribution is -0.173. The Bertz CT molecular complexity index is 315. The molecule has 112 valence electrons. The standard InChI is InChI=1S/C12H19ClF3NO2/c1-11(2,7-13)10(18)17(8-12(14,15)16)9-3-5-19-6-4-9/h9H,3-8H2,1-2H3. The molecule has 1 aliphatic rings. The molecule has 0 unspecified atom stereocenters. The third-order valence-electron chi connectivity index (χ3n) is 3.16. The molecule has 0 radical (unpaired) electrons. The number of carbonyl (C=O) groups excluding carboxylic acids is 1. The first-order valence-corrected chi connectivity index (χ1v) is 6.72. The Morgan fingerprint density at radius 2 is 1.84 bits per heavy atom. The maximum absolute atomic E-state index is 12.7. The second kappa shape index (κ2) is 6.31. The van der Waals surface area contributed by atoms with Gasteiger partial charge in [-0.15, -0.1) is 11.6 Å². The van der Waals surface area contributed by atoms with Gasteiger partial charge in [-0.25, -0.2) is 0 Å². The van der Waals surface area contributed by atoms with E-state index in [2.05, 4.69) is 0 Å². The topological polar surface area (TPSA) is 29.5 Å². The summed E-state index contributed by atoms with van der Waals surface area (Å²) in [7, 11) is 0. The Labute approximate surface area is 116 Å². The van der Waals surface area contributed by atoms with Gasteiger partial charge in [-0.3, -0.25) is 4.79 Å². The molecule has 3 nitrogen and oxygen atoms in total. The second-order valence-corrected chi connectivity index (χ2v) is 5.68. The number of carbonyl (C=O) groups is 1. The van der Waals surface area contributed by atoms with Gasteiger partial charge in [0.2, 0.25) is 5.91 Å². The molecule has 1 saturated heterocycles. The summed E-state index contributed by atoms with van der Waals surface area (Å²) in [5.74, 6) is -0.560. The van der Waals surface area contributed by atoms with Crippen LogP contribution in [0.1, 0.15) is 26.7 Å². The van der Waals surface area contributed by atoms with Crippen LogP contribution in [0.4, 0.5) is 13.2 Å². The number of halogens is 4. The first-order valence-electron chi connectivity index (χ1n) is 6.19. The van der Waals surface area contributed by atoms with Crippen LogP contribution >= 0.6 is 11.6 Å². The third kappa shape index (κ3) is 4.84. The predicted molar refractivity (Wildman–Crippen MR) is 66.1 cm³/mol. The fourth-order valence-electron chi connectivity index (χ4n) is 2.00. The van der Waals surface area contributed by atoms with Crippen molar-refractivity contribution in [1.82, 2.24) is 4.90 Å². The molecule has 0 atom stereocenters. The van der Waals surface area contributed by atoms with Gasteiger partial charge in [-0.2, -0.15) is 13.2 Å². The number of amides is 1. The monoisotopic (exact) mass is 301 g/mol. The van der Waals surface area contributed by atoms with Gasteiger partial charge in [0.05, 0.1) is 5.41 Å². The summed E-state index contributed by atoms with van der Waals surface area (Å²) in [6.07, 6.45) is -3.54. The Hall–Kier alpha value is -0.490. The van der Waals surface area contributed by atoms with E-state index in [0.717, 1.165) is 4.90 Å². The van der Waals surface area contributed by atoms with Crippen molar-refractivity contribution in [3.63, 3.8) is 0 Å². The van der Waals surface area contributed by atoms with Crippen molar-refractivity contribution in [2.75, 3.05) is 25.6 Å². The maximum atomic E-state index is 12.7. The van der Waals surface area contributed by atoms with Crippen LogP contribution in [0.5, 0.6) is 0 Å². The lowest BCUT2D eigenvalue weighted by Crippen LogP contribution is -2.52. The van der Waals surface area contributed by atoms with Gasteiger partial charge in [0, 0.05) is 25.1 Å². The quantitative estimate of drug-likeness (QED) is 0.747. The zero-order valence-corrected chi connectivity index (χ0v) is 11.9. The van der Waals surface area contributed by atoms with Gasteiger partial charge < -0.3 is 9.64 Å². The normalized spacial score (nSPS) is 18.4. The van der Waals surface area contributed by atoms with Crippen molar-refractivity contribution >= 4 is 17.5 Å². The van der Waals surface area contributed by atoms with Gasteiger partial charge in [0.25, 0.3) is 0 Å². The highest BCUT2D eigenvalue weighted by Gasteiger charge is 2.41. The molecule has 1 heterocycles. The number of alkyl halides is 4. The van der Waals surface area contributed by atoms with Gasteiger partial charge in [-0.05, 0) is 26.7 Å². The molecule has 1 amide bonds. The summed E-state index contributed by atoms with van der Waals surface area (Å²) < 4.78 is 43.1. The average Bonchev–Trinajstić information content (AvgIpc) is 2.35. The Morgan fingerprint density at radius 1 is 1.32 bits per heavy atom. The molecular weight excluding hydrogens is 283 g/mol. The summed E-state index contributed by atoms with van der Waals surface area (Å²) in [6.45, 7) is 2.66. The minimum atomic E-state index is -4.41. The predicted octanol–water partition coefficient (Wildman–Crippen LogP) is 2.82. The van der Waals surface area contributed by atoms with E-state index in [0.29, 0.717) is 26.1 Å². The van der Waals surface area contributed by atoms with E-state index in [1.54, 1.807) is 13.8 Å². The molecule has 0 saturated carbocycles. The van der Waals surface area contributed by atoms with E-state index in [-0.39, 0.29) is 5.88 Å². The van der Waals surface area contributed by atoms with Crippen LogP contribution < -0.4 is 0 Å². The molecule has 0 bridgehead atoms. The van der Waals surface area contributed by atoms with Gasteiger partial charge >= 0.3 is 6.18 Å². The fraction of sp³-hybridized carbons (Fsp3) is 0.917. The summed E-state index contributed by atoms with van der Waals surface area (Å²) in [6, 6.07) is -0.426. The van der Waals surface area contributed by atoms with Crippen LogP contribution in [-0.4, -0.2) is 48.7 Å². The van der Waals surface area contributed by atoms with E-state index in [4.69, 9.17) is 16.3 Å². The minimum Gasteiger partial charge on any atom is -0.381 e. The average molecular weight is 302 g/mol. The first-order chi connectivity index (χ1) is 8.67. The molecule has 0 aromatic carbocycles. The number of hydrogen-bond acceptors (Lipinski definition) is 2. The van der Waals surface area contributed by atoms with E-state index in [9.17, 15) is 18.0 Å². The fourth-order valence-corrected chi connectivity index (χ4v) is 2.12.